The second-order valence-electron chi connectivity index (χ2n) is 10.3. The molecule has 2 unspecified atom stereocenters. The molecular formula is C27H30N2O8. The summed E-state index contributed by atoms with van der Waals surface area (Å²) in [6.45, 7) is 3.51. The fraction of sp³-hybridized carbons (Fsp3) is 0.481. The van der Waals surface area contributed by atoms with Gasteiger partial charge in [-0.05, 0) is 26.2 Å². The van der Waals surface area contributed by atoms with Crippen LogP contribution in [0.2, 0.25) is 0 Å². The molecule has 5 aliphatic rings. The predicted octanol–water partition coefficient (Wildman–Crippen LogP) is 1.11. The standard InChI is InChI=1S/C21H19NO5.C6H11NO3/c1-10-21(22-9-27-10)7-6-13-14(8-21)20(26)16-15(19(13)25)17(23)11-4-2-3-5-12(11)18(16)24;8-6-1-4-5(2-9-6)10-3-7-4/h2-5,10,22,25-26H,6-9H2,1H3;4-8H,1-3H2/t10?,21-;4-,5+,6?/m10/s1. The Hall–Kier alpha value is -2.86. The predicted molar refractivity (Wildman–Crippen MR) is 130 cm³/mol. The number of benzene rings is 2. The minimum Gasteiger partial charge on any atom is -0.507 e. The van der Waals surface area contributed by atoms with Crippen molar-refractivity contribution in [2.75, 3.05) is 20.1 Å². The third kappa shape index (κ3) is 3.87. The van der Waals surface area contributed by atoms with E-state index in [0.717, 1.165) is 0 Å². The number of carbonyl (C=O) groups excluding carboxylic acids is 2. The zero-order valence-electron chi connectivity index (χ0n) is 20.5. The molecule has 0 saturated carbocycles. The number of carbonyl (C=O) groups is 2. The monoisotopic (exact) mass is 510 g/mol. The molecule has 2 aliphatic carbocycles. The van der Waals surface area contributed by atoms with Gasteiger partial charge in [0.05, 0.1) is 48.9 Å². The zero-order chi connectivity index (χ0) is 25.9. The number of hydrogen-bond donors (Lipinski definition) is 5. The Kier molecular flexibility index (Phi) is 6.06. The molecule has 196 valence electrons. The summed E-state index contributed by atoms with van der Waals surface area (Å²) in [6.07, 6.45) is 1.78. The van der Waals surface area contributed by atoms with Crippen LogP contribution in [0.4, 0.5) is 0 Å². The van der Waals surface area contributed by atoms with Crippen molar-refractivity contribution in [2.24, 2.45) is 0 Å². The molecule has 0 aromatic heterocycles. The highest BCUT2D eigenvalue weighted by molar-refractivity contribution is 6.30. The lowest BCUT2D eigenvalue weighted by molar-refractivity contribution is -0.157. The van der Waals surface area contributed by atoms with E-state index in [1.807, 2.05) is 6.92 Å². The topological polar surface area (TPSA) is 147 Å². The van der Waals surface area contributed by atoms with Gasteiger partial charge in [0.2, 0.25) is 0 Å². The van der Waals surface area contributed by atoms with Gasteiger partial charge in [0.15, 0.2) is 17.9 Å². The molecule has 3 saturated heterocycles. The fourth-order valence-corrected chi connectivity index (χ4v) is 6.14. The molecule has 10 heteroatoms. The highest BCUT2D eigenvalue weighted by Gasteiger charge is 2.47. The van der Waals surface area contributed by atoms with Crippen LogP contribution in [0.15, 0.2) is 24.3 Å². The van der Waals surface area contributed by atoms with Crippen LogP contribution >= 0.6 is 0 Å². The van der Waals surface area contributed by atoms with Crippen LogP contribution < -0.4 is 10.6 Å². The van der Waals surface area contributed by atoms with E-state index in [1.165, 1.54) is 0 Å². The second kappa shape index (κ2) is 9.16. The molecule has 0 radical (unpaired) electrons. The van der Waals surface area contributed by atoms with Crippen LogP contribution in [0.25, 0.3) is 0 Å². The number of ketones is 2. The number of nitrogens with one attached hydrogen (secondary N) is 2. The average molecular weight is 511 g/mol. The fourth-order valence-electron chi connectivity index (χ4n) is 6.14. The SMILES string of the molecule is CC1OCN[C@@]12CCc1c(O)c3c(c(O)c1C2)C(=O)c1ccccc1C3=O.OC1C[C@@H]2NCO[C@@H]2CO1. The normalized spacial score (nSPS) is 31.7. The van der Waals surface area contributed by atoms with Crippen molar-refractivity contribution >= 4 is 11.6 Å². The molecule has 2 aromatic rings. The van der Waals surface area contributed by atoms with E-state index >= 15 is 0 Å². The smallest absolute Gasteiger partial charge is 0.198 e. The summed E-state index contributed by atoms with van der Waals surface area (Å²) in [5, 5.41) is 37.4. The lowest BCUT2D eigenvalue weighted by Gasteiger charge is -2.38. The van der Waals surface area contributed by atoms with Crippen molar-refractivity contribution in [3.63, 3.8) is 0 Å². The van der Waals surface area contributed by atoms with Crippen molar-refractivity contribution in [1.29, 1.82) is 0 Å². The maximum atomic E-state index is 13.0. The van der Waals surface area contributed by atoms with E-state index in [9.17, 15) is 19.8 Å². The second-order valence-corrected chi connectivity index (χ2v) is 10.3. The van der Waals surface area contributed by atoms with E-state index in [4.69, 9.17) is 19.3 Å². The van der Waals surface area contributed by atoms with Crippen LogP contribution in [0.5, 0.6) is 11.5 Å². The first kappa shape index (κ1) is 24.5. The van der Waals surface area contributed by atoms with E-state index in [2.05, 4.69) is 10.6 Å². The van der Waals surface area contributed by atoms with Gasteiger partial charge in [-0.1, -0.05) is 24.3 Å². The first-order chi connectivity index (χ1) is 17.8. The van der Waals surface area contributed by atoms with Crippen molar-refractivity contribution in [3.05, 3.63) is 57.6 Å². The number of aliphatic hydroxyl groups excluding tert-OH is 1. The van der Waals surface area contributed by atoms with Crippen LogP contribution in [0.1, 0.15) is 62.7 Å². The molecule has 2 aromatic carbocycles. The number of aromatic hydroxyl groups is 2. The summed E-state index contributed by atoms with van der Waals surface area (Å²) in [5.41, 5.74) is 1.10. The van der Waals surface area contributed by atoms with E-state index in [1.54, 1.807) is 24.3 Å². The maximum Gasteiger partial charge on any atom is 0.198 e. The quantitative estimate of drug-likeness (QED) is 0.279. The van der Waals surface area contributed by atoms with Gasteiger partial charge in [0.1, 0.15) is 11.5 Å². The number of phenolic OH excluding ortho intramolecular Hbond substituents is 2. The third-order valence-corrected chi connectivity index (χ3v) is 8.38. The molecule has 37 heavy (non-hydrogen) atoms. The summed E-state index contributed by atoms with van der Waals surface area (Å²) in [7, 11) is 0. The Morgan fingerprint density at radius 3 is 2.27 bits per heavy atom. The largest absolute Gasteiger partial charge is 0.507 e. The Morgan fingerprint density at radius 2 is 1.62 bits per heavy atom. The van der Waals surface area contributed by atoms with Gasteiger partial charge in [-0.3, -0.25) is 20.2 Å². The Bertz CT molecular complexity index is 1280. The van der Waals surface area contributed by atoms with E-state index in [-0.39, 0.29) is 51.5 Å². The molecule has 3 heterocycles. The molecule has 7 rings (SSSR count). The summed E-state index contributed by atoms with van der Waals surface area (Å²) in [5.74, 6) is -1.22. The van der Waals surface area contributed by atoms with Crippen molar-refractivity contribution in [1.82, 2.24) is 10.6 Å². The molecule has 10 nitrogen and oxygen atoms in total. The van der Waals surface area contributed by atoms with E-state index < -0.39 is 17.9 Å². The number of ether oxygens (including phenoxy) is 3. The Labute approximate surface area is 213 Å². The lowest BCUT2D eigenvalue weighted by atomic mass is 9.71. The summed E-state index contributed by atoms with van der Waals surface area (Å²) < 4.78 is 15.9. The molecule has 3 aliphatic heterocycles. The van der Waals surface area contributed by atoms with Crippen LogP contribution in [-0.4, -0.2) is 77.0 Å². The Morgan fingerprint density at radius 1 is 0.946 bits per heavy atom. The van der Waals surface area contributed by atoms with Gasteiger partial charge in [-0.25, -0.2) is 0 Å². The molecular weight excluding hydrogens is 480 g/mol. The zero-order valence-corrected chi connectivity index (χ0v) is 20.5. The summed E-state index contributed by atoms with van der Waals surface area (Å²) in [6, 6.07) is 6.81. The molecule has 1 spiro atoms. The lowest BCUT2D eigenvalue weighted by Crippen LogP contribution is -2.51. The van der Waals surface area contributed by atoms with E-state index in [0.29, 0.717) is 62.9 Å². The number of rotatable bonds is 0. The Balaban J connectivity index is 0.000000210. The highest BCUT2D eigenvalue weighted by Crippen LogP contribution is 2.48. The maximum absolute atomic E-state index is 13.0. The van der Waals surface area contributed by atoms with Gasteiger partial charge in [0, 0.05) is 34.7 Å². The van der Waals surface area contributed by atoms with Crippen LogP contribution in [0, 0.1) is 0 Å². The summed E-state index contributed by atoms with van der Waals surface area (Å²) in [4.78, 5) is 26.0. The van der Waals surface area contributed by atoms with Gasteiger partial charge in [-0.2, -0.15) is 0 Å². The van der Waals surface area contributed by atoms with Gasteiger partial charge >= 0.3 is 0 Å². The first-order valence-corrected chi connectivity index (χ1v) is 12.6. The van der Waals surface area contributed by atoms with Crippen molar-refractivity contribution < 1.29 is 39.1 Å². The number of phenols is 2. The van der Waals surface area contributed by atoms with Crippen molar-refractivity contribution in [3.8, 4) is 11.5 Å². The minimum atomic E-state index is -0.601. The van der Waals surface area contributed by atoms with Crippen molar-refractivity contribution in [2.45, 2.75) is 62.7 Å². The third-order valence-electron chi connectivity index (χ3n) is 8.38. The molecule has 0 amide bonds. The summed E-state index contributed by atoms with van der Waals surface area (Å²) >= 11 is 0. The van der Waals surface area contributed by atoms with Gasteiger partial charge in [-0.15, -0.1) is 0 Å². The molecule has 5 atom stereocenters. The first-order valence-electron chi connectivity index (χ1n) is 12.6. The highest BCUT2D eigenvalue weighted by atomic mass is 16.6. The molecule has 3 fully saturated rings. The minimum absolute atomic E-state index is 0.0544. The molecule has 0 bridgehead atoms. The molecule has 5 N–H and O–H groups in total. The number of aliphatic hydroxyl groups is 1. The van der Waals surface area contributed by atoms with Crippen LogP contribution in [0.3, 0.4) is 0 Å². The average Bonchev–Trinajstić information content (AvgIpc) is 3.51. The van der Waals surface area contributed by atoms with Gasteiger partial charge in [0.25, 0.3) is 0 Å². The number of fused-ring (bicyclic) bond motifs is 4. The van der Waals surface area contributed by atoms with Crippen LogP contribution in [-0.2, 0) is 27.1 Å². The van der Waals surface area contributed by atoms with Gasteiger partial charge < -0.3 is 29.5 Å². The number of hydrogen-bond acceptors (Lipinski definition) is 10.